The highest BCUT2D eigenvalue weighted by Gasteiger charge is 2.12. The second-order valence-electron chi connectivity index (χ2n) is 5.86. The number of nitrogens with zero attached hydrogens (tertiary/aromatic N) is 2. The number of benzene rings is 2. The van der Waals surface area contributed by atoms with Gasteiger partial charge in [0.05, 0.1) is 11.1 Å². The molecular weight excluding hydrogens is 338 g/mol. The second kappa shape index (κ2) is 8.11. The third-order valence-electron chi connectivity index (χ3n) is 3.48. The van der Waals surface area contributed by atoms with Gasteiger partial charge < -0.3 is 9.84 Å². The number of aryl methyl sites for hydroxylation is 3. The summed E-state index contributed by atoms with van der Waals surface area (Å²) in [4.78, 5) is 22.1. The fraction of sp³-hybridized carbons (Fsp3) is 0.222. The van der Waals surface area contributed by atoms with Crippen LogP contribution in [0, 0.1) is 30.9 Å². The van der Waals surface area contributed by atoms with E-state index in [2.05, 4.69) is 10.5 Å². The van der Waals surface area contributed by atoms with E-state index in [4.69, 9.17) is 4.74 Å². The lowest BCUT2D eigenvalue weighted by molar-refractivity contribution is -0.384. The minimum atomic E-state index is -0.569. The predicted molar refractivity (Wildman–Crippen MR) is 96.6 cm³/mol. The number of ether oxygens (including phenoxy) is 1. The largest absolute Gasteiger partial charge is 0.507 e. The van der Waals surface area contributed by atoms with Gasteiger partial charge in [0.2, 0.25) is 0 Å². The van der Waals surface area contributed by atoms with Gasteiger partial charge in [0.15, 0.2) is 6.61 Å². The molecular formula is C18H19N3O5. The number of hydrogen-bond donors (Lipinski definition) is 2. The van der Waals surface area contributed by atoms with E-state index in [0.717, 1.165) is 17.3 Å². The molecule has 0 radical (unpaired) electrons. The lowest BCUT2D eigenvalue weighted by atomic mass is 10.1. The number of nitro benzene ring substituents is 1. The van der Waals surface area contributed by atoms with Crippen molar-refractivity contribution in [3.63, 3.8) is 0 Å². The summed E-state index contributed by atoms with van der Waals surface area (Å²) in [7, 11) is 0. The van der Waals surface area contributed by atoms with Crippen LogP contribution in [0.5, 0.6) is 11.5 Å². The summed E-state index contributed by atoms with van der Waals surface area (Å²) in [6.07, 6.45) is 1.14. The number of hydrogen-bond acceptors (Lipinski definition) is 6. The topological polar surface area (TPSA) is 114 Å². The van der Waals surface area contributed by atoms with Crippen LogP contribution >= 0.6 is 0 Å². The quantitative estimate of drug-likeness (QED) is 0.469. The molecule has 136 valence electrons. The summed E-state index contributed by atoms with van der Waals surface area (Å²) >= 11 is 0. The van der Waals surface area contributed by atoms with Crippen LogP contribution in [0.25, 0.3) is 0 Å². The highest BCUT2D eigenvalue weighted by molar-refractivity contribution is 5.87. The number of aromatic hydroxyl groups is 1. The third kappa shape index (κ3) is 5.04. The van der Waals surface area contributed by atoms with Gasteiger partial charge in [-0.25, -0.2) is 5.43 Å². The summed E-state index contributed by atoms with van der Waals surface area (Å²) < 4.78 is 5.40. The van der Waals surface area contributed by atoms with Crippen LogP contribution in [0.4, 0.5) is 5.69 Å². The number of phenols is 1. The SMILES string of the molecule is Cc1cc(C)cc(OCC(=O)NN=Cc2cc([N+](=O)[O-])cc(C)c2O)c1. The fourth-order valence-electron chi connectivity index (χ4n) is 2.36. The lowest BCUT2D eigenvalue weighted by Gasteiger charge is -2.07. The maximum Gasteiger partial charge on any atom is 0.277 e. The molecule has 0 aromatic heterocycles. The Hall–Kier alpha value is -3.42. The first-order chi connectivity index (χ1) is 12.3. The Morgan fingerprint density at radius 3 is 2.50 bits per heavy atom. The molecule has 26 heavy (non-hydrogen) atoms. The maximum absolute atomic E-state index is 11.8. The Morgan fingerprint density at radius 1 is 1.23 bits per heavy atom. The van der Waals surface area contributed by atoms with Gasteiger partial charge in [-0.3, -0.25) is 14.9 Å². The molecule has 1 amide bonds. The van der Waals surface area contributed by atoms with E-state index in [9.17, 15) is 20.0 Å². The van der Waals surface area contributed by atoms with Gasteiger partial charge in [0.1, 0.15) is 11.5 Å². The molecule has 0 fully saturated rings. The third-order valence-corrected chi connectivity index (χ3v) is 3.48. The molecule has 0 aliphatic rings. The molecule has 0 heterocycles. The maximum atomic E-state index is 11.8. The summed E-state index contributed by atoms with van der Waals surface area (Å²) in [6, 6.07) is 8.04. The van der Waals surface area contributed by atoms with Crippen molar-refractivity contribution in [1.29, 1.82) is 0 Å². The molecule has 0 bridgehead atoms. The molecule has 2 N–H and O–H groups in total. The van der Waals surface area contributed by atoms with E-state index in [1.165, 1.54) is 19.1 Å². The number of nitrogens with one attached hydrogen (secondary N) is 1. The minimum absolute atomic E-state index is 0.132. The molecule has 0 saturated carbocycles. The van der Waals surface area contributed by atoms with Crippen molar-refractivity contribution in [3.05, 3.63) is 62.7 Å². The van der Waals surface area contributed by atoms with Gasteiger partial charge in [0.25, 0.3) is 11.6 Å². The Kier molecular flexibility index (Phi) is 5.90. The van der Waals surface area contributed by atoms with Crippen molar-refractivity contribution in [2.75, 3.05) is 6.61 Å². The van der Waals surface area contributed by atoms with Crippen LogP contribution in [0.3, 0.4) is 0 Å². The standard InChI is InChI=1S/C18H19N3O5/c1-11-4-12(2)6-16(5-11)26-10-17(22)20-19-9-14-8-15(21(24)25)7-13(3)18(14)23/h4-9,23H,10H2,1-3H3,(H,20,22). The molecule has 8 heteroatoms. The molecule has 0 atom stereocenters. The zero-order valence-corrected chi connectivity index (χ0v) is 14.6. The van der Waals surface area contributed by atoms with Crippen LogP contribution in [0.15, 0.2) is 35.4 Å². The van der Waals surface area contributed by atoms with E-state index in [1.54, 1.807) is 0 Å². The first-order valence-corrected chi connectivity index (χ1v) is 7.77. The highest BCUT2D eigenvalue weighted by atomic mass is 16.6. The molecule has 2 aromatic carbocycles. The van der Waals surface area contributed by atoms with E-state index in [-0.39, 0.29) is 23.6 Å². The zero-order chi connectivity index (χ0) is 19.3. The summed E-state index contributed by atoms with van der Waals surface area (Å²) in [6.45, 7) is 5.16. The molecule has 2 rings (SSSR count). The number of non-ortho nitro benzene ring substituents is 1. The second-order valence-corrected chi connectivity index (χ2v) is 5.86. The number of carbonyl (C=O) groups excluding carboxylic acids is 1. The molecule has 2 aromatic rings. The smallest absolute Gasteiger partial charge is 0.277 e. The van der Waals surface area contributed by atoms with E-state index in [0.29, 0.717) is 11.3 Å². The zero-order valence-electron chi connectivity index (χ0n) is 14.6. The Labute approximate surface area is 150 Å². The van der Waals surface area contributed by atoms with Crippen molar-refractivity contribution in [3.8, 4) is 11.5 Å². The molecule has 8 nitrogen and oxygen atoms in total. The number of amides is 1. The number of carbonyl (C=O) groups is 1. The van der Waals surface area contributed by atoms with Gasteiger partial charge in [0, 0.05) is 17.7 Å². The van der Waals surface area contributed by atoms with Crippen LogP contribution < -0.4 is 10.2 Å². The Bertz CT molecular complexity index is 857. The van der Waals surface area contributed by atoms with Gasteiger partial charge in [-0.05, 0) is 49.6 Å². The van der Waals surface area contributed by atoms with Crippen molar-refractivity contribution in [1.82, 2.24) is 5.43 Å². The normalized spacial score (nSPS) is 10.7. The Morgan fingerprint density at radius 2 is 1.88 bits per heavy atom. The summed E-state index contributed by atoms with van der Waals surface area (Å²) in [5.74, 6) is -0.0595. The van der Waals surface area contributed by atoms with E-state index < -0.39 is 10.8 Å². The number of nitro groups is 1. The molecule has 0 unspecified atom stereocenters. The van der Waals surface area contributed by atoms with Gasteiger partial charge in [-0.15, -0.1) is 0 Å². The van der Waals surface area contributed by atoms with Crippen molar-refractivity contribution in [2.24, 2.45) is 5.10 Å². The van der Waals surface area contributed by atoms with Gasteiger partial charge in [-0.2, -0.15) is 5.10 Å². The van der Waals surface area contributed by atoms with E-state index in [1.807, 2.05) is 32.0 Å². The van der Waals surface area contributed by atoms with Crippen molar-refractivity contribution >= 4 is 17.8 Å². The van der Waals surface area contributed by atoms with E-state index >= 15 is 0 Å². The van der Waals surface area contributed by atoms with Gasteiger partial charge in [-0.1, -0.05) is 6.07 Å². The minimum Gasteiger partial charge on any atom is -0.507 e. The number of rotatable bonds is 6. The first-order valence-electron chi connectivity index (χ1n) is 7.77. The average Bonchev–Trinajstić information content (AvgIpc) is 2.55. The molecule has 0 saturated heterocycles. The Balaban J connectivity index is 1.97. The van der Waals surface area contributed by atoms with Crippen molar-refractivity contribution in [2.45, 2.75) is 20.8 Å². The lowest BCUT2D eigenvalue weighted by Crippen LogP contribution is -2.24. The average molecular weight is 357 g/mol. The molecule has 0 aliphatic heterocycles. The number of phenolic OH excluding ortho intramolecular Hbond substituents is 1. The number of hydrazone groups is 1. The van der Waals surface area contributed by atoms with Gasteiger partial charge >= 0.3 is 0 Å². The summed E-state index contributed by atoms with van der Waals surface area (Å²) in [5.41, 5.74) is 4.59. The molecule has 0 spiro atoms. The van der Waals surface area contributed by atoms with Crippen LogP contribution in [-0.4, -0.2) is 28.8 Å². The molecule has 0 aliphatic carbocycles. The van der Waals surface area contributed by atoms with Crippen LogP contribution in [0.1, 0.15) is 22.3 Å². The van der Waals surface area contributed by atoms with Crippen LogP contribution in [0.2, 0.25) is 0 Å². The first kappa shape index (κ1) is 18.9. The highest BCUT2D eigenvalue weighted by Crippen LogP contribution is 2.26. The summed E-state index contributed by atoms with van der Waals surface area (Å²) in [5, 5.41) is 24.5. The fourth-order valence-corrected chi connectivity index (χ4v) is 2.36. The van der Waals surface area contributed by atoms with Crippen molar-refractivity contribution < 1.29 is 19.6 Å². The van der Waals surface area contributed by atoms with Crippen LogP contribution in [-0.2, 0) is 4.79 Å². The predicted octanol–water partition coefficient (Wildman–Crippen LogP) is 2.75. The monoisotopic (exact) mass is 357 g/mol.